The third-order valence-corrected chi connectivity index (χ3v) is 5.04. The van der Waals surface area contributed by atoms with Crippen molar-refractivity contribution in [3.63, 3.8) is 0 Å². The molecule has 0 aliphatic carbocycles. The molecule has 0 radical (unpaired) electrons. The summed E-state index contributed by atoms with van der Waals surface area (Å²) < 4.78 is 6.20. The molecule has 2 aromatic carbocycles. The molecule has 3 rings (SSSR count). The van der Waals surface area contributed by atoms with E-state index in [0.29, 0.717) is 34.2 Å². The summed E-state index contributed by atoms with van der Waals surface area (Å²) in [4.78, 5) is 28.3. The fourth-order valence-electron chi connectivity index (χ4n) is 2.60. The Morgan fingerprint density at radius 3 is 2.39 bits per heavy atom. The number of nitrogens with one attached hydrogen (secondary N) is 3. The molecule has 0 saturated heterocycles. The van der Waals surface area contributed by atoms with Gasteiger partial charge in [-0.3, -0.25) is 4.79 Å². The highest BCUT2D eigenvalue weighted by molar-refractivity contribution is 7.22. The van der Waals surface area contributed by atoms with Crippen LogP contribution in [0, 0.1) is 0 Å². The predicted molar refractivity (Wildman–Crippen MR) is 114 cm³/mol. The highest BCUT2D eigenvalue weighted by atomic mass is 32.1. The summed E-state index contributed by atoms with van der Waals surface area (Å²) in [6.07, 6.45) is 1.32. The summed E-state index contributed by atoms with van der Waals surface area (Å²) in [6, 6.07) is 10.9. The standard InChI is InChI=1S/C20H22N4O3S/c1-4-12-6-8-13(9-7-12)21-19(26)22-14-10-15(27-3)18-16(11-14)28-20(24-18)23-17(25)5-2/h6-11H,4-5H2,1-3H3,(H2,21,22,26)(H,23,24,25). The Bertz CT molecular complexity index is 999. The lowest BCUT2D eigenvalue weighted by atomic mass is 10.1. The molecule has 3 N–H and O–H groups in total. The minimum Gasteiger partial charge on any atom is -0.494 e. The van der Waals surface area contributed by atoms with Gasteiger partial charge in [0, 0.05) is 23.9 Å². The number of fused-ring (bicyclic) bond motifs is 1. The van der Waals surface area contributed by atoms with E-state index in [2.05, 4.69) is 27.9 Å². The average molecular weight is 398 g/mol. The summed E-state index contributed by atoms with van der Waals surface area (Å²) in [6.45, 7) is 3.86. The Labute approximate surface area is 167 Å². The molecule has 0 aliphatic heterocycles. The van der Waals surface area contributed by atoms with Crippen LogP contribution in [0.2, 0.25) is 0 Å². The zero-order chi connectivity index (χ0) is 20.1. The number of methoxy groups -OCH3 is 1. The number of aryl methyl sites for hydroxylation is 1. The van der Waals surface area contributed by atoms with Crippen LogP contribution in [0.5, 0.6) is 5.75 Å². The molecule has 1 aromatic heterocycles. The summed E-state index contributed by atoms with van der Waals surface area (Å²) in [5, 5.41) is 8.86. The maximum absolute atomic E-state index is 12.3. The van der Waals surface area contributed by atoms with Crippen LogP contribution in [-0.4, -0.2) is 24.0 Å². The number of ether oxygens (including phenoxy) is 1. The SMILES string of the molecule is CCC(=O)Nc1nc2c(OC)cc(NC(=O)Nc3ccc(CC)cc3)cc2s1. The molecular formula is C20H22N4O3S. The Hall–Kier alpha value is -3.13. The second kappa shape index (κ2) is 8.71. The maximum Gasteiger partial charge on any atom is 0.323 e. The van der Waals surface area contributed by atoms with Crippen molar-refractivity contribution in [3.8, 4) is 5.75 Å². The first-order valence-corrected chi connectivity index (χ1v) is 9.79. The van der Waals surface area contributed by atoms with Crippen molar-refractivity contribution in [2.24, 2.45) is 0 Å². The summed E-state index contributed by atoms with van der Waals surface area (Å²) in [5.41, 5.74) is 3.13. The maximum atomic E-state index is 12.3. The third-order valence-electron chi connectivity index (χ3n) is 4.13. The Morgan fingerprint density at radius 2 is 1.75 bits per heavy atom. The first-order chi connectivity index (χ1) is 13.5. The van der Waals surface area contributed by atoms with Crippen LogP contribution < -0.4 is 20.7 Å². The van der Waals surface area contributed by atoms with Crippen LogP contribution in [0.25, 0.3) is 10.2 Å². The first-order valence-electron chi connectivity index (χ1n) is 8.97. The fraction of sp³-hybridized carbons (Fsp3) is 0.250. The van der Waals surface area contributed by atoms with Gasteiger partial charge in [0.1, 0.15) is 11.3 Å². The second-order valence-corrected chi connectivity index (χ2v) is 7.11. The van der Waals surface area contributed by atoms with Crippen molar-refractivity contribution in [1.82, 2.24) is 4.98 Å². The number of anilines is 3. The third kappa shape index (κ3) is 4.58. The van der Waals surface area contributed by atoms with E-state index >= 15 is 0 Å². The van der Waals surface area contributed by atoms with Gasteiger partial charge in [0.25, 0.3) is 0 Å². The summed E-state index contributed by atoms with van der Waals surface area (Å²) in [7, 11) is 1.54. The zero-order valence-corrected chi connectivity index (χ0v) is 16.8. The van der Waals surface area contributed by atoms with Crippen molar-refractivity contribution in [2.45, 2.75) is 26.7 Å². The summed E-state index contributed by atoms with van der Waals surface area (Å²) >= 11 is 1.33. The quantitative estimate of drug-likeness (QED) is 0.553. The number of amides is 3. The number of nitrogens with zero attached hydrogens (tertiary/aromatic N) is 1. The number of rotatable bonds is 6. The molecule has 3 amide bonds. The number of thiazole rings is 1. The summed E-state index contributed by atoms with van der Waals surface area (Å²) in [5.74, 6) is 0.415. The molecule has 28 heavy (non-hydrogen) atoms. The lowest BCUT2D eigenvalue weighted by Crippen LogP contribution is -2.19. The number of hydrogen-bond acceptors (Lipinski definition) is 5. The van der Waals surface area contributed by atoms with Gasteiger partial charge in [0.15, 0.2) is 5.13 Å². The van der Waals surface area contributed by atoms with Gasteiger partial charge in [0.2, 0.25) is 5.91 Å². The minimum atomic E-state index is -0.352. The van der Waals surface area contributed by atoms with E-state index in [0.717, 1.165) is 11.1 Å². The normalized spacial score (nSPS) is 10.5. The number of aromatic nitrogens is 1. The zero-order valence-electron chi connectivity index (χ0n) is 16.0. The van der Waals surface area contributed by atoms with Crippen molar-refractivity contribution in [3.05, 3.63) is 42.0 Å². The lowest BCUT2D eigenvalue weighted by molar-refractivity contribution is -0.115. The van der Waals surface area contributed by atoms with E-state index in [1.807, 2.05) is 24.3 Å². The topological polar surface area (TPSA) is 92.3 Å². The highest BCUT2D eigenvalue weighted by Crippen LogP contribution is 2.35. The van der Waals surface area contributed by atoms with E-state index in [1.54, 1.807) is 19.1 Å². The van der Waals surface area contributed by atoms with Gasteiger partial charge in [0.05, 0.1) is 11.8 Å². The monoisotopic (exact) mass is 398 g/mol. The van der Waals surface area contributed by atoms with Crippen LogP contribution in [-0.2, 0) is 11.2 Å². The Kier molecular flexibility index (Phi) is 6.10. The molecule has 0 bridgehead atoms. The largest absolute Gasteiger partial charge is 0.494 e. The molecule has 1 heterocycles. The molecule has 8 heteroatoms. The number of urea groups is 1. The van der Waals surface area contributed by atoms with E-state index in [-0.39, 0.29) is 11.9 Å². The Balaban J connectivity index is 1.77. The van der Waals surface area contributed by atoms with Gasteiger partial charge in [-0.25, -0.2) is 9.78 Å². The lowest BCUT2D eigenvalue weighted by Gasteiger charge is -2.10. The molecular weight excluding hydrogens is 376 g/mol. The molecule has 0 aliphatic rings. The van der Waals surface area contributed by atoms with Crippen molar-refractivity contribution < 1.29 is 14.3 Å². The van der Waals surface area contributed by atoms with E-state index in [9.17, 15) is 9.59 Å². The van der Waals surface area contributed by atoms with Crippen LogP contribution in [0.15, 0.2) is 36.4 Å². The molecule has 0 fully saturated rings. The Morgan fingerprint density at radius 1 is 1.04 bits per heavy atom. The molecule has 0 saturated carbocycles. The van der Waals surface area contributed by atoms with Crippen molar-refractivity contribution in [1.29, 1.82) is 0 Å². The smallest absolute Gasteiger partial charge is 0.323 e. The minimum absolute atomic E-state index is 0.107. The van der Waals surface area contributed by atoms with Gasteiger partial charge >= 0.3 is 6.03 Å². The molecule has 3 aromatic rings. The number of benzene rings is 2. The van der Waals surface area contributed by atoms with Gasteiger partial charge < -0.3 is 20.7 Å². The molecule has 146 valence electrons. The second-order valence-electron chi connectivity index (χ2n) is 6.08. The van der Waals surface area contributed by atoms with E-state index in [1.165, 1.54) is 24.0 Å². The molecule has 0 atom stereocenters. The number of hydrogen-bond donors (Lipinski definition) is 3. The predicted octanol–water partition coefficient (Wildman–Crippen LogP) is 4.86. The molecule has 0 unspecified atom stereocenters. The van der Waals surface area contributed by atoms with Crippen LogP contribution in [0.4, 0.5) is 21.3 Å². The van der Waals surface area contributed by atoms with E-state index in [4.69, 9.17) is 4.74 Å². The van der Waals surface area contributed by atoms with Gasteiger partial charge in [-0.1, -0.05) is 37.3 Å². The van der Waals surface area contributed by atoms with Crippen LogP contribution in [0.1, 0.15) is 25.8 Å². The van der Waals surface area contributed by atoms with Gasteiger partial charge in [-0.2, -0.15) is 0 Å². The van der Waals surface area contributed by atoms with E-state index < -0.39 is 0 Å². The average Bonchev–Trinajstić information content (AvgIpc) is 3.09. The highest BCUT2D eigenvalue weighted by Gasteiger charge is 2.13. The fourth-order valence-corrected chi connectivity index (χ4v) is 3.54. The van der Waals surface area contributed by atoms with Gasteiger partial charge in [-0.05, 0) is 30.2 Å². The number of carbonyl (C=O) groups is 2. The first kappa shape index (κ1) is 19.6. The van der Waals surface area contributed by atoms with Crippen molar-refractivity contribution >= 4 is 50.0 Å². The number of carbonyl (C=O) groups excluding carboxylic acids is 2. The van der Waals surface area contributed by atoms with Crippen LogP contribution >= 0.6 is 11.3 Å². The molecule has 0 spiro atoms. The van der Waals surface area contributed by atoms with Gasteiger partial charge in [-0.15, -0.1) is 0 Å². The van der Waals surface area contributed by atoms with Crippen LogP contribution in [0.3, 0.4) is 0 Å². The van der Waals surface area contributed by atoms with Crippen molar-refractivity contribution in [2.75, 3.05) is 23.1 Å². The molecule has 7 nitrogen and oxygen atoms in total.